The van der Waals surface area contributed by atoms with Gasteiger partial charge in [0.1, 0.15) is 10.7 Å². The summed E-state index contributed by atoms with van der Waals surface area (Å²) in [5, 5.41) is 0.542. The van der Waals surface area contributed by atoms with Gasteiger partial charge in [0.15, 0.2) is 0 Å². The van der Waals surface area contributed by atoms with E-state index in [1.165, 1.54) is 46.3 Å². The van der Waals surface area contributed by atoms with Crippen molar-refractivity contribution in [3.8, 4) is 0 Å². The summed E-state index contributed by atoms with van der Waals surface area (Å²) in [5.41, 5.74) is 1.21. The minimum atomic E-state index is -3.63. The molecule has 3 aromatic rings. The number of rotatable bonds is 8. The molecule has 0 atom stereocenters. The summed E-state index contributed by atoms with van der Waals surface area (Å²) in [5.74, 6) is 0.441. The van der Waals surface area contributed by atoms with Crippen molar-refractivity contribution in [2.24, 2.45) is 0 Å². The van der Waals surface area contributed by atoms with Crippen molar-refractivity contribution >= 4 is 21.8 Å². The number of alkyl halides is 2. The van der Waals surface area contributed by atoms with E-state index in [-0.39, 0.29) is 16.5 Å². The van der Waals surface area contributed by atoms with E-state index in [0.29, 0.717) is 31.2 Å². The number of sulfonamides is 1. The summed E-state index contributed by atoms with van der Waals surface area (Å²) in [6.45, 7) is 0.302. The van der Waals surface area contributed by atoms with Gasteiger partial charge in [0.25, 0.3) is 0 Å². The third kappa shape index (κ3) is 5.34. The number of imidazole rings is 1. The van der Waals surface area contributed by atoms with Crippen LogP contribution in [-0.4, -0.2) is 58.3 Å². The fourth-order valence-electron chi connectivity index (χ4n) is 3.50. The Kier molecular flexibility index (Phi) is 7.19. The number of halogens is 2. The molecule has 1 aliphatic heterocycles. The molecule has 1 saturated heterocycles. The minimum Gasteiger partial charge on any atom is -0.296 e. The van der Waals surface area contributed by atoms with Crippen LogP contribution < -0.4 is 0 Å². The highest BCUT2D eigenvalue weighted by Crippen LogP contribution is 2.24. The van der Waals surface area contributed by atoms with Crippen molar-refractivity contribution in [3.63, 3.8) is 0 Å². The Hall–Kier alpha value is -2.34. The molecule has 7 nitrogen and oxygen atoms in total. The first-order valence-corrected chi connectivity index (χ1v) is 12.5. The van der Waals surface area contributed by atoms with Gasteiger partial charge < -0.3 is 0 Å². The zero-order chi connectivity index (χ0) is 22.6. The Morgan fingerprint density at radius 1 is 1.00 bits per heavy atom. The lowest BCUT2D eigenvalue weighted by molar-refractivity contribution is 0.0678. The molecule has 3 heterocycles. The second kappa shape index (κ2) is 10.1. The minimum absolute atomic E-state index is 0.132. The Labute approximate surface area is 190 Å². The van der Waals surface area contributed by atoms with E-state index >= 15 is 0 Å². The molecule has 0 unspecified atom stereocenters. The molecule has 1 fully saturated rings. The van der Waals surface area contributed by atoms with E-state index in [1.807, 2.05) is 18.2 Å². The average Bonchev–Trinajstić information content (AvgIpc) is 3.28. The molecule has 0 spiro atoms. The van der Waals surface area contributed by atoms with Crippen LogP contribution in [0.15, 0.2) is 71.0 Å². The summed E-state index contributed by atoms with van der Waals surface area (Å²) in [4.78, 5) is 10.5. The first-order valence-electron chi connectivity index (χ1n) is 10.1. The maximum Gasteiger partial charge on any atom is 0.319 e. The second-order valence-corrected chi connectivity index (χ2v) is 10.2. The van der Waals surface area contributed by atoms with Crippen molar-refractivity contribution in [1.82, 2.24) is 23.7 Å². The van der Waals surface area contributed by atoms with E-state index in [9.17, 15) is 17.2 Å². The highest BCUT2D eigenvalue weighted by Gasteiger charge is 2.28. The van der Waals surface area contributed by atoms with Crippen LogP contribution in [0.25, 0.3) is 0 Å². The van der Waals surface area contributed by atoms with Gasteiger partial charge in [-0.05, 0) is 17.7 Å². The van der Waals surface area contributed by atoms with E-state index in [1.54, 1.807) is 6.07 Å². The monoisotopic (exact) mass is 479 g/mol. The zero-order valence-electron chi connectivity index (χ0n) is 17.2. The Morgan fingerprint density at radius 3 is 2.41 bits per heavy atom. The summed E-state index contributed by atoms with van der Waals surface area (Å²) in [6.07, 6.45) is 3.88. The maximum absolute atomic E-state index is 13.0. The first kappa shape index (κ1) is 22.8. The van der Waals surface area contributed by atoms with Gasteiger partial charge in [-0.2, -0.15) is 13.1 Å². The predicted molar refractivity (Wildman–Crippen MR) is 118 cm³/mol. The van der Waals surface area contributed by atoms with Crippen molar-refractivity contribution in [2.75, 3.05) is 26.2 Å². The fourth-order valence-corrected chi connectivity index (χ4v) is 5.66. The highest BCUT2D eigenvalue weighted by molar-refractivity contribution is 7.98. The van der Waals surface area contributed by atoms with Crippen molar-refractivity contribution in [2.45, 2.75) is 28.8 Å². The fraction of sp³-hybridized carbons (Fsp3) is 0.333. The van der Waals surface area contributed by atoms with Crippen LogP contribution in [0.3, 0.4) is 0 Å². The summed E-state index contributed by atoms with van der Waals surface area (Å²) in [6, 6.07) is 13.2. The number of hydrogen-bond donors (Lipinski definition) is 0. The molecule has 0 amide bonds. The SMILES string of the molecule is O=S(=O)(c1ccc(SCc2nccn2C(F)F)nc1)N1CCN(Cc2ccccc2)CC1. The number of benzene rings is 1. The molecule has 32 heavy (non-hydrogen) atoms. The van der Waals surface area contributed by atoms with Crippen LogP contribution in [0.5, 0.6) is 0 Å². The highest BCUT2D eigenvalue weighted by atomic mass is 32.2. The lowest BCUT2D eigenvalue weighted by Gasteiger charge is -2.33. The van der Waals surface area contributed by atoms with E-state index < -0.39 is 16.6 Å². The van der Waals surface area contributed by atoms with Gasteiger partial charge >= 0.3 is 6.55 Å². The van der Waals surface area contributed by atoms with E-state index in [0.717, 1.165) is 11.1 Å². The Balaban J connectivity index is 1.33. The second-order valence-electron chi connectivity index (χ2n) is 7.32. The molecule has 0 N–H and O–H groups in total. The van der Waals surface area contributed by atoms with Crippen LogP contribution >= 0.6 is 11.8 Å². The number of piperazine rings is 1. The van der Waals surface area contributed by atoms with Gasteiger partial charge in [-0.3, -0.25) is 9.47 Å². The van der Waals surface area contributed by atoms with Crippen molar-refractivity contribution in [3.05, 3.63) is 72.4 Å². The largest absolute Gasteiger partial charge is 0.319 e. The van der Waals surface area contributed by atoms with E-state index in [2.05, 4.69) is 27.0 Å². The third-order valence-corrected chi connectivity index (χ3v) is 8.06. The predicted octanol–water partition coefficient (Wildman–Crippen LogP) is 3.47. The van der Waals surface area contributed by atoms with Crippen LogP contribution in [0, 0.1) is 0 Å². The van der Waals surface area contributed by atoms with Gasteiger partial charge in [-0.1, -0.05) is 42.1 Å². The molecular weight excluding hydrogens is 456 g/mol. The molecule has 4 rings (SSSR count). The number of nitrogens with zero attached hydrogens (tertiary/aromatic N) is 5. The Morgan fingerprint density at radius 2 is 1.75 bits per heavy atom. The van der Waals surface area contributed by atoms with Crippen LogP contribution in [-0.2, 0) is 22.3 Å². The molecule has 0 saturated carbocycles. The average molecular weight is 480 g/mol. The van der Waals surface area contributed by atoms with Gasteiger partial charge in [-0.15, -0.1) is 0 Å². The number of thioether (sulfide) groups is 1. The first-order chi connectivity index (χ1) is 15.4. The molecule has 1 aliphatic rings. The van der Waals surface area contributed by atoms with Gasteiger partial charge in [-0.25, -0.2) is 18.4 Å². The number of pyridine rings is 1. The van der Waals surface area contributed by atoms with Crippen molar-refractivity contribution in [1.29, 1.82) is 0 Å². The molecule has 1 aromatic carbocycles. The van der Waals surface area contributed by atoms with Crippen LogP contribution in [0.4, 0.5) is 8.78 Å². The van der Waals surface area contributed by atoms with Gasteiger partial charge in [0.2, 0.25) is 10.0 Å². The van der Waals surface area contributed by atoms with Gasteiger partial charge in [0, 0.05) is 51.3 Å². The molecule has 11 heteroatoms. The van der Waals surface area contributed by atoms with Gasteiger partial charge in [0.05, 0.1) is 10.8 Å². The molecule has 0 radical (unpaired) electrons. The lowest BCUT2D eigenvalue weighted by Crippen LogP contribution is -2.48. The van der Waals surface area contributed by atoms with E-state index in [4.69, 9.17) is 0 Å². The standard InChI is InChI=1S/C21H23F2N5O2S2/c22-21(23)28-9-8-24-19(28)16-31-20-7-6-18(14-25-20)32(29,30)27-12-10-26(11-13-27)15-17-4-2-1-3-5-17/h1-9,14,21H,10-13,15-16H2. The summed E-state index contributed by atoms with van der Waals surface area (Å²) < 4.78 is 54.1. The quantitative estimate of drug-likeness (QED) is 0.461. The normalized spacial score (nSPS) is 16.0. The third-order valence-electron chi connectivity index (χ3n) is 5.24. The smallest absolute Gasteiger partial charge is 0.296 e. The topological polar surface area (TPSA) is 71.3 Å². The zero-order valence-corrected chi connectivity index (χ0v) is 18.9. The molecule has 170 valence electrons. The van der Waals surface area contributed by atoms with Crippen LogP contribution in [0.2, 0.25) is 0 Å². The summed E-state index contributed by atoms with van der Waals surface area (Å²) >= 11 is 1.22. The maximum atomic E-state index is 13.0. The number of aromatic nitrogens is 3. The molecular formula is C21H23F2N5O2S2. The summed E-state index contributed by atoms with van der Waals surface area (Å²) in [7, 11) is -3.63. The molecule has 0 bridgehead atoms. The molecule has 0 aliphatic carbocycles. The number of hydrogen-bond acceptors (Lipinski definition) is 6. The lowest BCUT2D eigenvalue weighted by atomic mass is 10.2. The van der Waals surface area contributed by atoms with Crippen molar-refractivity contribution < 1.29 is 17.2 Å². The Bertz CT molecular complexity index is 1120. The van der Waals surface area contributed by atoms with Crippen LogP contribution in [0.1, 0.15) is 17.9 Å². The molecule has 2 aromatic heterocycles.